The summed E-state index contributed by atoms with van der Waals surface area (Å²) in [6.45, 7) is 6.83. The van der Waals surface area contributed by atoms with E-state index in [0.29, 0.717) is 22.5 Å². The van der Waals surface area contributed by atoms with E-state index in [1.54, 1.807) is 49.4 Å². The predicted molar refractivity (Wildman–Crippen MR) is 122 cm³/mol. The first-order valence-corrected chi connectivity index (χ1v) is 11.2. The van der Waals surface area contributed by atoms with E-state index in [2.05, 4.69) is 10.0 Å². The molecule has 2 N–H and O–H groups in total. The highest BCUT2D eigenvalue weighted by atomic mass is 32.2. The van der Waals surface area contributed by atoms with Crippen LogP contribution in [-0.4, -0.2) is 20.1 Å². The van der Waals surface area contributed by atoms with E-state index in [4.69, 9.17) is 0 Å². The molecule has 31 heavy (non-hydrogen) atoms. The minimum absolute atomic E-state index is 0.0264. The van der Waals surface area contributed by atoms with E-state index in [9.17, 15) is 18.0 Å². The van der Waals surface area contributed by atoms with E-state index in [0.717, 1.165) is 11.1 Å². The van der Waals surface area contributed by atoms with Gasteiger partial charge >= 0.3 is 0 Å². The number of hydrogen-bond donors (Lipinski definition) is 2. The molecule has 6 nitrogen and oxygen atoms in total. The van der Waals surface area contributed by atoms with Crippen LogP contribution in [0, 0.1) is 20.8 Å². The van der Waals surface area contributed by atoms with Crippen molar-refractivity contribution < 1.29 is 18.0 Å². The second-order valence-electron chi connectivity index (χ2n) is 7.50. The normalized spacial score (nSPS) is 11.1. The fourth-order valence-corrected chi connectivity index (χ4v) is 4.49. The summed E-state index contributed by atoms with van der Waals surface area (Å²) in [4.78, 5) is 24.3. The molecule has 0 saturated carbocycles. The quantitative estimate of drug-likeness (QED) is 0.539. The molecular weight excluding hydrogens is 412 g/mol. The average molecular weight is 437 g/mol. The van der Waals surface area contributed by atoms with Gasteiger partial charge in [-0.25, -0.2) is 8.42 Å². The Morgan fingerprint density at radius 3 is 2.23 bits per heavy atom. The van der Waals surface area contributed by atoms with Crippen molar-refractivity contribution in [3.05, 3.63) is 88.5 Å². The van der Waals surface area contributed by atoms with Crippen LogP contribution < -0.4 is 10.0 Å². The van der Waals surface area contributed by atoms with Gasteiger partial charge in [-0.1, -0.05) is 30.3 Å². The van der Waals surface area contributed by atoms with Gasteiger partial charge in [0.05, 0.1) is 10.6 Å². The Labute approximate surface area is 182 Å². The van der Waals surface area contributed by atoms with Crippen LogP contribution in [0.3, 0.4) is 0 Å². The van der Waals surface area contributed by atoms with Gasteiger partial charge in [-0.05, 0) is 74.7 Å². The molecule has 0 heterocycles. The van der Waals surface area contributed by atoms with Crippen LogP contribution in [0.5, 0.6) is 0 Å². The van der Waals surface area contributed by atoms with Gasteiger partial charge in [0.1, 0.15) is 0 Å². The SMILES string of the molecule is CC(=O)c1cccc(NC(=O)c2ccc(C)c(S(=O)(=O)Nc3cc(C)ccc3C)c2)c1. The largest absolute Gasteiger partial charge is 0.322 e. The van der Waals surface area contributed by atoms with Gasteiger partial charge < -0.3 is 5.32 Å². The number of rotatable bonds is 6. The monoisotopic (exact) mass is 436 g/mol. The number of sulfonamides is 1. The second-order valence-corrected chi connectivity index (χ2v) is 9.15. The summed E-state index contributed by atoms with van der Waals surface area (Å²) in [6, 6.07) is 16.6. The zero-order chi connectivity index (χ0) is 22.8. The molecule has 0 radical (unpaired) electrons. The Morgan fingerprint density at radius 2 is 1.52 bits per heavy atom. The Kier molecular flexibility index (Phi) is 6.27. The predicted octanol–water partition coefficient (Wildman–Crippen LogP) is 4.87. The van der Waals surface area contributed by atoms with Gasteiger partial charge in [0.2, 0.25) is 0 Å². The van der Waals surface area contributed by atoms with E-state index >= 15 is 0 Å². The number of aryl methyl sites for hydroxylation is 3. The number of amides is 1. The molecule has 0 aromatic heterocycles. The van der Waals surface area contributed by atoms with Crippen LogP contribution in [0.15, 0.2) is 65.6 Å². The minimum Gasteiger partial charge on any atom is -0.322 e. The molecule has 3 aromatic rings. The Bertz CT molecular complexity index is 1280. The van der Waals surface area contributed by atoms with Crippen LogP contribution in [0.1, 0.15) is 44.3 Å². The number of nitrogens with one attached hydrogen (secondary N) is 2. The van der Waals surface area contributed by atoms with Crippen LogP contribution in [-0.2, 0) is 10.0 Å². The third kappa shape index (κ3) is 5.19. The molecule has 0 atom stereocenters. The molecule has 3 aromatic carbocycles. The first kappa shape index (κ1) is 22.2. The van der Waals surface area contributed by atoms with Crippen molar-refractivity contribution >= 4 is 33.1 Å². The molecule has 7 heteroatoms. The molecule has 0 aliphatic heterocycles. The third-order valence-electron chi connectivity index (χ3n) is 4.90. The summed E-state index contributed by atoms with van der Waals surface area (Å²) >= 11 is 0. The summed E-state index contributed by atoms with van der Waals surface area (Å²) in [5.41, 5.74) is 3.87. The van der Waals surface area contributed by atoms with Gasteiger partial charge in [0, 0.05) is 16.8 Å². The maximum absolute atomic E-state index is 13.1. The Morgan fingerprint density at radius 1 is 0.806 bits per heavy atom. The molecule has 0 aliphatic rings. The van der Waals surface area contributed by atoms with E-state index < -0.39 is 15.9 Å². The van der Waals surface area contributed by atoms with Gasteiger partial charge in [-0.3, -0.25) is 14.3 Å². The highest BCUT2D eigenvalue weighted by molar-refractivity contribution is 7.92. The maximum Gasteiger partial charge on any atom is 0.262 e. The van der Waals surface area contributed by atoms with Gasteiger partial charge in [0.15, 0.2) is 5.78 Å². The number of carbonyl (C=O) groups excluding carboxylic acids is 2. The molecular formula is C24H24N2O4S. The molecule has 0 bridgehead atoms. The Balaban J connectivity index is 1.90. The van der Waals surface area contributed by atoms with Gasteiger partial charge in [0.25, 0.3) is 15.9 Å². The minimum atomic E-state index is -3.90. The molecule has 0 fully saturated rings. The zero-order valence-electron chi connectivity index (χ0n) is 17.8. The lowest BCUT2D eigenvalue weighted by atomic mass is 10.1. The smallest absolute Gasteiger partial charge is 0.262 e. The van der Waals surface area contributed by atoms with Crippen LogP contribution in [0.2, 0.25) is 0 Å². The van der Waals surface area contributed by atoms with Crippen LogP contribution >= 0.6 is 0 Å². The van der Waals surface area contributed by atoms with Crippen LogP contribution in [0.25, 0.3) is 0 Å². The molecule has 0 saturated heterocycles. The summed E-state index contributed by atoms with van der Waals surface area (Å²) in [7, 11) is -3.90. The van der Waals surface area contributed by atoms with E-state index in [1.165, 1.54) is 13.0 Å². The van der Waals surface area contributed by atoms with Crippen molar-refractivity contribution in [2.24, 2.45) is 0 Å². The number of carbonyl (C=O) groups is 2. The van der Waals surface area contributed by atoms with Crippen molar-refractivity contribution in [3.8, 4) is 0 Å². The highest BCUT2D eigenvalue weighted by Crippen LogP contribution is 2.24. The average Bonchev–Trinajstić information content (AvgIpc) is 2.71. The van der Waals surface area contributed by atoms with Gasteiger partial charge in [-0.15, -0.1) is 0 Å². The standard InChI is InChI=1S/C24H24N2O4S/c1-15-8-9-16(2)22(12-15)26-31(29,30)23-14-20(11-10-17(23)3)24(28)25-21-7-5-6-19(13-21)18(4)27/h5-14,26H,1-4H3,(H,25,28). The third-order valence-corrected chi connectivity index (χ3v) is 6.41. The van der Waals surface area contributed by atoms with Crippen molar-refractivity contribution in [2.45, 2.75) is 32.6 Å². The lowest BCUT2D eigenvalue weighted by Crippen LogP contribution is -2.17. The number of anilines is 2. The summed E-state index contributed by atoms with van der Waals surface area (Å²) in [6.07, 6.45) is 0. The summed E-state index contributed by atoms with van der Waals surface area (Å²) in [5, 5.41) is 2.71. The summed E-state index contributed by atoms with van der Waals surface area (Å²) in [5.74, 6) is -0.582. The van der Waals surface area contributed by atoms with E-state index in [1.807, 2.05) is 26.0 Å². The fourth-order valence-electron chi connectivity index (χ4n) is 3.10. The Hall–Kier alpha value is -3.45. The molecule has 1 amide bonds. The van der Waals surface area contributed by atoms with Crippen molar-refractivity contribution in [2.75, 3.05) is 10.0 Å². The number of hydrogen-bond acceptors (Lipinski definition) is 4. The number of benzene rings is 3. The van der Waals surface area contributed by atoms with Crippen molar-refractivity contribution in [1.29, 1.82) is 0 Å². The summed E-state index contributed by atoms with van der Waals surface area (Å²) < 4.78 is 28.7. The number of ketones is 1. The fraction of sp³-hybridized carbons (Fsp3) is 0.167. The molecule has 0 unspecified atom stereocenters. The molecule has 160 valence electrons. The van der Waals surface area contributed by atoms with Crippen molar-refractivity contribution in [3.63, 3.8) is 0 Å². The van der Waals surface area contributed by atoms with Crippen molar-refractivity contribution in [1.82, 2.24) is 0 Å². The lowest BCUT2D eigenvalue weighted by molar-refractivity contribution is 0.101. The maximum atomic E-state index is 13.1. The second kappa shape index (κ2) is 8.73. The zero-order valence-corrected chi connectivity index (χ0v) is 18.6. The van der Waals surface area contributed by atoms with Gasteiger partial charge in [-0.2, -0.15) is 0 Å². The molecule has 0 aliphatic carbocycles. The lowest BCUT2D eigenvalue weighted by Gasteiger charge is -2.14. The first-order chi connectivity index (χ1) is 14.6. The molecule has 0 spiro atoms. The highest BCUT2D eigenvalue weighted by Gasteiger charge is 2.20. The van der Waals surface area contributed by atoms with E-state index in [-0.39, 0.29) is 16.2 Å². The molecule has 3 rings (SSSR count). The topological polar surface area (TPSA) is 92.3 Å². The van der Waals surface area contributed by atoms with Crippen LogP contribution in [0.4, 0.5) is 11.4 Å². The first-order valence-electron chi connectivity index (χ1n) is 9.70. The number of Topliss-reactive ketones (excluding diaryl/α,β-unsaturated/α-hetero) is 1.